The molecule has 1 unspecified atom stereocenters. The molecule has 2 rings (SSSR count). The van der Waals surface area contributed by atoms with Crippen molar-refractivity contribution in [1.29, 1.82) is 0 Å². The third-order valence-corrected chi connectivity index (χ3v) is 3.33. The Kier molecular flexibility index (Phi) is 3.84. The fourth-order valence-corrected chi connectivity index (χ4v) is 2.32. The first kappa shape index (κ1) is 12.2. The summed E-state index contributed by atoms with van der Waals surface area (Å²) in [6.45, 7) is 4.80. The molecule has 1 atom stereocenters. The Morgan fingerprint density at radius 2 is 2.47 bits per heavy atom. The lowest BCUT2D eigenvalue weighted by molar-refractivity contribution is 0.0732. The van der Waals surface area contributed by atoms with Gasteiger partial charge >= 0.3 is 0 Å². The lowest BCUT2D eigenvalue weighted by Gasteiger charge is -2.27. The van der Waals surface area contributed by atoms with Crippen molar-refractivity contribution in [3.8, 4) is 0 Å². The molecule has 0 spiro atoms. The van der Waals surface area contributed by atoms with Crippen molar-refractivity contribution in [3.05, 3.63) is 23.7 Å². The summed E-state index contributed by atoms with van der Waals surface area (Å²) in [5, 5.41) is 3.36. The van der Waals surface area contributed by atoms with Gasteiger partial charge in [0.2, 0.25) is 0 Å². The maximum Gasteiger partial charge on any atom is 0.289 e. The van der Waals surface area contributed by atoms with Gasteiger partial charge in [-0.3, -0.25) is 4.79 Å². The number of amides is 1. The van der Waals surface area contributed by atoms with Crippen molar-refractivity contribution in [2.45, 2.75) is 19.8 Å². The predicted octanol–water partition coefficient (Wildman–Crippen LogP) is 1.66. The van der Waals surface area contributed by atoms with Crippen LogP contribution in [0.2, 0.25) is 0 Å². The van der Waals surface area contributed by atoms with Crippen molar-refractivity contribution in [2.75, 3.05) is 26.7 Å². The molecule has 0 radical (unpaired) electrons. The Balaban J connectivity index is 1.93. The topological polar surface area (TPSA) is 45.5 Å². The fraction of sp³-hybridized carbons (Fsp3) is 0.615. The molecule has 4 nitrogen and oxygen atoms in total. The highest BCUT2D eigenvalue weighted by Gasteiger charge is 2.21. The number of aryl methyl sites for hydroxylation is 1. The number of carbonyl (C=O) groups is 1. The van der Waals surface area contributed by atoms with E-state index in [-0.39, 0.29) is 5.91 Å². The predicted molar refractivity (Wildman–Crippen MR) is 66.0 cm³/mol. The molecule has 0 aliphatic carbocycles. The van der Waals surface area contributed by atoms with Crippen molar-refractivity contribution < 1.29 is 9.21 Å². The maximum atomic E-state index is 12.1. The summed E-state index contributed by atoms with van der Waals surface area (Å²) in [6.07, 6.45) is 3.97. The van der Waals surface area contributed by atoms with Gasteiger partial charge in [0.25, 0.3) is 5.91 Å². The Labute approximate surface area is 102 Å². The summed E-state index contributed by atoms with van der Waals surface area (Å²) in [4.78, 5) is 13.9. The molecule has 0 bridgehead atoms. The zero-order valence-corrected chi connectivity index (χ0v) is 10.5. The van der Waals surface area contributed by atoms with E-state index < -0.39 is 0 Å². The summed E-state index contributed by atoms with van der Waals surface area (Å²) in [5.41, 5.74) is 0.906. The molecular weight excluding hydrogens is 216 g/mol. The molecule has 17 heavy (non-hydrogen) atoms. The fourth-order valence-electron chi connectivity index (χ4n) is 2.32. The second-order valence-corrected chi connectivity index (χ2v) is 4.83. The van der Waals surface area contributed by atoms with Crippen LogP contribution in [0.25, 0.3) is 0 Å². The molecule has 1 aromatic heterocycles. The zero-order valence-electron chi connectivity index (χ0n) is 10.5. The van der Waals surface area contributed by atoms with Crippen molar-refractivity contribution in [1.82, 2.24) is 10.2 Å². The number of carbonyl (C=O) groups excluding carboxylic acids is 1. The van der Waals surface area contributed by atoms with Crippen LogP contribution in [0.3, 0.4) is 0 Å². The van der Waals surface area contributed by atoms with Gasteiger partial charge in [-0.15, -0.1) is 0 Å². The van der Waals surface area contributed by atoms with Gasteiger partial charge in [0, 0.05) is 19.2 Å². The van der Waals surface area contributed by atoms with Gasteiger partial charge in [0.1, 0.15) is 0 Å². The van der Waals surface area contributed by atoms with E-state index >= 15 is 0 Å². The SMILES string of the molecule is Cc1ccoc1C(=O)N(C)CC1CCCNC1. The maximum absolute atomic E-state index is 12.1. The van der Waals surface area contributed by atoms with E-state index in [4.69, 9.17) is 4.42 Å². The van der Waals surface area contributed by atoms with Gasteiger partial charge in [-0.05, 0) is 44.8 Å². The smallest absolute Gasteiger partial charge is 0.289 e. The Bertz CT molecular complexity index is 381. The minimum atomic E-state index is -0.0157. The van der Waals surface area contributed by atoms with E-state index in [1.807, 2.05) is 20.0 Å². The molecule has 1 saturated heterocycles. The second-order valence-electron chi connectivity index (χ2n) is 4.83. The lowest BCUT2D eigenvalue weighted by atomic mass is 9.99. The first-order valence-electron chi connectivity index (χ1n) is 6.18. The molecule has 1 aliphatic heterocycles. The largest absolute Gasteiger partial charge is 0.459 e. The monoisotopic (exact) mass is 236 g/mol. The van der Waals surface area contributed by atoms with Crippen molar-refractivity contribution in [3.63, 3.8) is 0 Å². The second kappa shape index (κ2) is 5.36. The number of nitrogens with one attached hydrogen (secondary N) is 1. The Morgan fingerprint density at radius 1 is 1.65 bits per heavy atom. The van der Waals surface area contributed by atoms with E-state index in [1.165, 1.54) is 12.8 Å². The molecule has 1 N–H and O–H groups in total. The van der Waals surface area contributed by atoms with Crippen LogP contribution in [0.15, 0.2) is 16.7 Å². The van der Waals surface area contributed by atoms with Crippen LogP contribution in [0, 0.1) is 12.8 Å². The highest BCUT2D eigenvalue weighted by atomic mass is 16.3. The van der Waals surface area contributed by atoms with Gasteiger partial charge < -0.3 is 14.6 Å². The molecular formula is C13H20N2O2. The van der Waals surface area contributed by atoms with Crippen molar-refractivity contribution in [2.24, 2.45) is 5.92 Å². The highest BCUT2D eigenvalue weighted by molar-refractivity contribution is 5.92. The number of rotatable bonds is 3. The zero-order chi connectivity index (χ0) is 12.3. The van der Waals surface area contributed by atoms with Gasteiger partial charge in [0.05, 0.1) is 6.26 Å². The van der Waals surface area contributed by atoms with Gasteiger partial charge in [0.15, 0.2) is 5.76 Å². The average molecular weight is 236 g/mol. The molecule has 94 valence electrons. The van der Waals surface area contributed by atoms with Crippen LogP contribution in [0.4, 0.5) is 0 Å². The van der Waals surface area contributed by atoms with Gasteiger partial charge in [-0.2, -0.15) is 0 Å². The van der Waals surface area contributed by atoms with Crippen LogP contribution < -0.4 is 5.32 Å². The first-order chi connectivity index (χ1) is 8.18. The minimum Gasteiger partial charge on any atom is -0.459 e. The highest BCUT2D eigenvalue weighted by Crippen LogP contribution is 2.15. The number of hydrogen-bond donors (Lipinski definition) is 1. The number of nitrogens with zero attached hydrogens (tertiary/aromatic N) is 1. The van der Waals surface area contributed by atoms with E-state index in [0.717, 1.165) is 25.2 Å². The van der Waals surface area contributed by atoms with Crippen LogP contribution in [0.1, 0.15) is 29.0 Å². The van der Waals surface area contributed by atoms with E-state index in [0.29, 0.717) is 11.7 Å². The third-order valence-electron chi connectivity index (χ3n) is 3.33. The summed E-state index contributed by atoms with van der Waals surface area (Å²) < 4.78 is 5.23. The van der Waals surface area contributed by atoms with E-state index in [2.05, 4.69) is 5.32 Å². The number of piperidine rings is 1. The minimum absolute atomic E-state index is 0.0157. The summed E-state index contributed by atoms with van der Waals surface area (Å²) >= 11 is 0. The van der Waals surface area contributed by atoms with Gasteiger partial charge in [-0.1, -0.05) is 0 Å². The molecule has 1 fully saturated rings. The van der Waals surface area contributed by atoms with Crippen LogP contribution in [-0.2, 0) is 0 Å². The molecule has 0 saturated carbocycles. The van der Waals surface area contributed by atoms with Crippen LogP contribution in [0.5, 0.6) is 0 Å². The molecule has 1 amide bonds. The standard InChI is InChI=1S/C13H20N2O2/c1-10-5-7-17-12(10)13(16)15(2)9-11-4-3-6-14-8-11/h5,7,11,14H,3-4,6,8-9H2,1-2H3. The number of hydrogen-bond acceptors (Lipinski definition) is 3. The lowest BCUT2D eigenvalue weighted by Crippen LogP contribution is -2.39. The first-order valence-corrected chi connectivity index (χ1v) is 6.18. The summed E-state index contributed by atoms with van der Waals surface area (Å²) in [6, 6.07) is 1.82. The Hall–Kier alpha value is -1.29. The molecule has 4 heteroatoms. The van der Waals surface area contributed by atoms with E-state index in [9.17, 15) is 4.79 Å². The van der Waals surface area contributed by atoms with Gasteiger partial charge in [-0.25, -0.2) is 0 Å². The molecule has 1 aliphatic rings. The Morgan fingerprint density at radius 3 is 3.06 bits per heavy atom. The molecule has 2 heterocycles. The van der Waals surface area contributed by atoms with Crippen LogP contribution in [-0.4, -0.2) is 37.5 Å². The summed E-state index contributed by atoms with van der Waals surface area (Å²) in [5.74, 6) is 1.02. The third kappa shape index (κ3) is 2.88. The van der Waals surface area contributed by atoms with E-state index in [1.54, 1.807) is 11.2 Å². The van der Waals surface area contributed by atoms with Crippen LogP contribution >= 0.6 is 0 Å². The van der Waals surface area contributed by atoms with Crippen molar-refractivity contribution >= 4 is 5.91 Å². The molecule has 1 aromatic rings. The molecule has 0 aromatic carbocycles. The quantitative estimate of drug-likeness (QED) is 0.868. The number of furan rings is 1. The summed E-state index contributed by atoms with van der Waals surface area (Å²) in [7, 11) is 1.85. The normalized spacial score (nSPS) is 20.2. The average Bonchev–Trinajstić information content (AvgIpc) is 2.76.